The van der Waals surface area contributed by atoms with Crippen molar-refractivity contribution in [2.45, 2.75) is 6.92 Å². The Bertz CT molecular complexity index is 398. The van der Waals surface area contributed by atoms with Crippen molar-refractivity contribution < 1.29 is 9.52 Å². The van der Waals surface area contributed by atoms with Gasteiger partial charge in [-0.25, -0.2) is 0 Å². The van der Waals surface area contributed by atoms with Gasteiger partial charge in [-0.2, -0.15) is 0 Å². The lowest BCUT2D eigenvalue weighted by molar-refractivity contribution is 0.338. The molecule has 1 aromatic heterocycles. The molecule has 0 bridgehead atoms. The summed E-state index contributed by atoms with van der Waals surface area (Å²) in [6.45, 7) is 2.03. The van der Waals surface area contributed by atoms with Crippen molar-refractivity contribution in [3.8, 4) is 17.3 Å². The molecule has 0 amide bonds. The normalized spacial score (nSPS) is 10.2. The first kappa shape index (κ1) is 7.92. The lowest BCUT2D eigenvalue weighted by Crippen LogP contribution is -1.74. The van der Waals surface area contributed by atoms with Gasteiger partial charge in [-0.15, -0.1) is 0 Å². The fourth-order valence-corrected chi connectivity index (χ4v) is 1.20. The molecular formula is C11H10O2. The number of aromatic hydroxyl groups is 1. The zero-order valence-electron chi connectivity index (χ0n) is 7.32. The fourth-order valence-electron chi connectivity index (χ4n) is 1.20. The summed E-state index contributed by atoms with van der Waals surface area (Å²) >= 11 is 0. The Labute approximate surface area is 76.4 Å². The van der Waals surface area contributed by atoms with E-state index in [1.54, 1.807) is 6.07 Å². The number of furan rings is 1. The van der Waals surface area contributed by atoms with Crippen LogP contribution in [-0.2, 0) is 0 Å². The van der Waals surface area contributed by atoms with Crippen LogP contribution in [0.4, 0.5) is 0 Å². The molecule has 13 heavy (non-hydrogen) atoms. The van der Waals surface area contributed by atoms with E-state index in [-0.39, 0.29) is 5.95 Å². The molecule has 0 atom stereocenters. The molecule has 0 unspecified atom stereocenters. The van der Waals surface area contributed by atoms with Gasteiger partial charge in [0.25, 0.3) is 5.95 Å². The predicted octanol–water partition coefficient (Wildman–Crippen LogP) is 2.96. The summed E-state index contributed by atoms with van der Waals surface area (Å²) in [7, 11) is 0. The van der Waals surface area contributed by atoms with Gasteiger partial charge < -0.3 is 9.52 Å². The Hall–Kier alpha value is -1.70. The number of hydrogen-bond acceptors (Lipinski definition) is 2. The van der Waals surface area contributed by atoms with Crippen LogP contribution in [0, 0.1) is 6.92 Å². The highest BCUT2D eigenvalue weighted by atomic mass is 16.5. The second-order valence-corrected chi connectivity index (χ2v) is 3.00. The van der Waals surface area contributed by atoms with Gasteiger partial charge in [-0.1, -0.05) is 29.8 Å². The highest BCUT2D eigenvalue weighted by Gasteiger charge is 2.01. The van der Waals surface area contributed by atoms with E-state index in [4.69, 9.17) is 9.52 Å². The van der Waals surface area contributed by atoms with Crippen LogP contribution in [0.25, 0.3) is 11.3 Å². The van der Waals surface area contributed by atoms with Crippen LogP contribution in [-0.4, -0.2) is 5.11 Å². The van der Waals surface area contributed by atoms with Gasteiger partial charge in [0.1, 0.15) is 5.76 Å². The topological polar surface area (TPSA) is 33.4 Å². The minimum absolute atomic E-state index is 0.0458. The zero-order chi connectivity index (χ0) is 9.26. The van der Waals surface area contributed by atoms with Crippen LogP contribution in [0.3, 0.4) is 0 Å². The van der Waals surface area contributed by atoms with E-state index in [1.165, 1.54) is 11.6 Å². The molecule has 0 spiro atoms. The molecule has 0 aliphatic heterocycles. The van der Waals surface area contributed by atoms with Crippen molar-refractivity contribution in [1.29, 1.82) is 0 Å². The summed E-state index contributed by atoms with van der Waals surface area (Å²) in [5.41, 5.74) is 2.19. The fraction of sp³-hybridized carbons (Fsp3) is 0.0909. The number of rotatable bonds is 1. The van der Waals surface area contributed by atoms with Crippen molar-refractivity contribution >= 4 is 0 Å². The predicted molar refractivity (Wildman–Crippen MR) is 50.5 cm³/mol. The third-order valence-electron chi connectivity index (χ3n) is 1.93. The first-order valence-electron chi connectivity index (χ1n) is 4.11. The summed E-state index contributed by atoms with van der Waals surface area (Å²) in [4.78, 5) is 0. The minimum atomic E-state index is -0.0458. The van der Waals surface area contributed by atoms with E-state index in [0.29, 0.717) is 5.76 Å². The van der Waals surface area contributed by atoms with E-state index in [2.05, 4.69) is 0 Å². The quantitative estimate of drug-likeness (QED) is 0.721. The van der Waals surface area contributed by atoms with Crippen molar-refractivity contribution in [2.24, 2.45) is 0 Å². The first-order chi connectivity index (χ1) is 6.25. The van der Waals surface area contributed by atoms with E-state index in [0.717, 1.165) is 5.56 Å². The first-order valence-corrected chi connectivity index (χ1v) is 4.11. The van der Waals surface area contributed by atoms with Gasteiger partial charge in [-0.3, -0.25) is 0 Å². The van der Waals surface area contributed by atoms with Crippen molar-refractivity contribution in [2.75, 3.05) is 0 Å². The van der Waals surface area contributed by atoms with Crippen molar-refractivity contribution in [1.82, 2.24) is 0 Å². The Kier molecular flexibility index (Phi) is 1.81. The van der Waals surface area contributed by atoms with E-state index in [1.807, 2.05) is 31.2 Å². The molecule has 0 aliphatic carbocycles. The summed E-state index contributed by atoms with van der Waals surface area (Å²) < 4.78 is 5.06. The summed E-state index contributed by atoms with van der Waals surface area (Å²) in [5.74, 6) is 0.646. The highest BCUT2D eigenvalue weighted by molar-refractivity contribution is 5.58. The van der Waals surface area contributed by atoms with Crippen LogP contribution < -0.4 is 0 Å². The molecule has 66 valence electrons. The number of hydrogen-bond donors (Lipinski definition) is 1. The molecule has 0 saturated heterocycles. The SMILES string of the molecule is Cc1ccc(-c2ccc(O)o2)cc1. The van der Waals surface area contributed by atoms with Crippen LogP contribution in [0.1, 0.15) is 5.56 Å². The number of benzene rings is 1. The maximum atomic E-state index is 9.00. The summed E-state index contributed by atoms with van der Waals surface area (Å²) in [6.07, 6.45) is 0. The van der Waals surface area contributed by atoms with E-state index >= 15 is 0 Å². The maximum absolute atomic E-state index is 9.00. The average molecular weight is 174 g/mol. The third kappa shape index (κ3) is 1.56. The molecule has 2 rings (SSSR count). The van der Waals surface area contributed by atoms with Gasteiger partial charge in [0.05, 0.1) is 0 Å². The maximum Gasteiger partial charge on any atom is 0.282 e. The minimum Gasteiger partial charge on any atom is -0.481 e. The molecule has 0 aliphatic rings. The summed E-state index contributed by atoms with van der Waals surface area (Å²) in [5, 5.41) is 9.00. The van der Waals surface area contributed by atoms with Gasteiger partial charge in [0, 0.05) is 11.6 Å². The van der Waals surface area contributed by atoms with Crippen molar-refractivity contribution in [3.05, 3.63) is 42.0 Å². The second kappa shape index (κ2) is 2.98. The van der Waals surface area contributed by atoms with Crippen LogP contribution in [0.2, 0.25) is 0 Å². The standard InChI is InChI=1S/C11H10O2/c1-8-2-4-9(5-3-8)10-6-7-11(12)13-10/h2-7,12H,1H3. The highest BCUT2D eigenvalue weighted by Crippen LogP contribution is 2.25. The second-order valence-electron chi connectivity index (χ2n) is 3.00. The zero-order valence-corrected chi connectivity index (χ0v) is 7.32. The van der Waals surface area contributed by atoms with Gasteiger partial charge in [0.2, 0.25) is 0 Å². The van der Waals surface area contributed by atoms with Crippen LogP contribution >= 0.6 is 0 Å². The largest absolute Gasteiger partial charge is 0.481 e. The van der Waals surface area contributed by atoms with Crippen molar-refractivity contribution in [3.63, 3.8) is 0 Å². The Morgan fingerprint density at radius 1 is 1.00 bits per heavy atom. The van der Waals surface area contributed by atoms with Gasteiger partial charge >= 0.3 is 0 Å². The monoisotopic (exact) mass is 174 g/mol. The molecule has 2 heteroatoms. The molecular weight excluding hydrogens is 164 g/mol. The van der Waals surface area contributed by atoms with Gasteiger partial charge in [-0.05, 0) is 13.0 Å². The molecule has 1 N–H and O–H groups in total. The smallest absolute Gasteiger partial charge is 0.282 e. The lowest BCUT2D eigenvalue weighted by atomic mass is 10.1. The molecule has 2 aromatic rings. The average Bonchev–Trinajstić information content (AvgIpc) is 2.53. The van der Waals surface area contributed by atoms with Crippen LogP contribution in [0.5, 0.6) is 5.95 Å². The third-order valence-corrected chi connectivity index (χ3v) is 1.93. The molecule has 0 saturated carbocycles. The molecule has 0 fully saturated rings. The van der Waals surface area contributed by atoms with E-state index < -0.39 is 0 Å². The Morgan fingerprint density at radius 3 is 2.23 bits per heavy atom. The molecule has 1 heterocycles. The molecule has 0 radical (unpaired) electrons. The number of aryl methyl sites for hydroxylation is 1. The molecule has 1 aromatic carbocycles. The van der Waals surface area contributed by atoms with Gasteiger partial charge in [0.15, 0.2) is 0 Å². The Morgan fingerprint density at radius 2 is 1.69 bits per heavy atom. The molecule has 2 nitrogen and oxygen atoms in total. The Balaban J connectivity index is 2.41. The van der Waals surface area contributed by atoms with Crippen LogP contribution in [0.15, 0.2) is 40.8 Å². The summed E-state index contributed by atoms with van der Waals surface area (Å²) in [6, 6.07) is 11.2. The van der Waals surface area contributed by atoms with E-state index in [9.17, 15) is 0 Å². The lowest BCUT2D eigenvalue weighted by Gasteiger charge is -1.96.